The Kier molecular flexibility index (Phi) is 2.65. The predicted octanol–water partition coefficient (Wildman–Crippen LogP) is 1.66. The van der Waals surface area contributed by atoms with Crippen LogP contribution < -0.4 is 10.5 Å². The quantitative estimate of drug-likeness (QED) is 0.854. The minimum atomic E-state index is -0.157. The first-order chi connectivity index (χ1) is 10.1. The lowest BCUT2D eigenvalue weighted by atomic mass is 9.75. The number of hydrogen-bond acceptors (Lipinski definition) is 3. The van der Waals surface area contributed by atoms with Gasteiger partial charge in [-0.1, -0.05) is 13.0 Å². The summed E-state index contributed by atoms with van der Waals surface area (Å²) in [6, 6.07) is 6.43. The van der Waals surface area contributed by atoms with Crippen LogP contribution in [-0.4, -0.2) is 30.5 Å². The molecule has 2 heterocycles. The summed E-state index contributed by atoms with van der Waals surface area (Å²) in [5, 5.41) is 0. The topological polar surface area (TPSA) is 55.6 Å². The summed E-state index contributed by atoms with van der Waals surface area (Å²) in [4.78, 5) is 14.6. The number of nitrogens with zero attached hydrogens (tertiary/aromatic N) is 1. The van der Waals surface area contributed by atoms with Crippen molar-refractivity contribution in [2.24, 2.45) is 17.6 Å². The molecule has 1 saturated carbocycles. The van der Waals surface area contributed by atoms with Crippen LogP contribution in [0.4, 0.5) is 0 Å². The molecule has 4 atom stereocenters. The first kappa shape index (κ1) is 13.1. The normalized spacial score (nSPS) is 37.2. The summed E-state index contributed by atoms with van der Waals surface area (Å²) in [5.74, 6) is 1.89. The number of carbonyl (C=O) groups excluding carboxylic acids is 1. The first-order valence-electron chi connectivity index (χ1n) is 7.81. The molecule has 1 aromatic carbocycles. The molecule has 0 unspecified atom stereocenters. The van der Waals surface area contributed by atoms with E-state index in [0.717, 1.165) is 25.1 Å². The lowest BCUT2D eigenvalue weighted by Gasteiger charge is -2.44. The van der Waals surface area contributed by atoms with E-state index < -0.39 is 0 Å². The highest BCUT2D eigenvalue weighted by Crippen LogP contribution is 2.58. The summed E-state index contributed by atoms with van der Waals surface area (Å²) in [6.07, 6.45) is 2.51. The van der Waals surface area contributed by atoms with Crippen molar-refractivity contribution in [1.82, 2.24) is 4.90 Å². The Balaban J connectivity index is 1.90. The van der Waals surface area contributed by atoms with Crippen molar-refractivity contribution in [3.8, 4) is 5.75 Å². The molecule has 0 bridgehead atoms. The average Bonchev–Trinajstić information content (AvgIpc) is 2.90. The fourth-order valence-electron chi connectivity index (χ4n) is 4.97. The molecular weight excluding hydrogens is 264 g/mol. The zero-order valence-corrected chi connectivity index (χ0v) is 12.6. The third-order valence-electron chi connectivity index (χ3n) is 5.93. The van der Waals surface area contributed by atoms with Crippen molar-refractivity contribution in [3.05, 3.63) is 29.3 Å². The van der Waals surface area contributed by atoms with E-state index in [1.165, 1.54) is 11.1 Å². The van der Waals surface area contributed by atoms with Crippen LogP contribution in [-0.2, 0) is 16.8 Å². The van der Waals surface area contributed by atoms with Gasteiger partial charge in [-0.3, -0.25) is 4.79 Å². The Morgan fingerprint density at radius 3 is 3.00 bits per heavy atom. The Bertz CT molecular complexity index is 615. The Hall–Kier alpha value is -1.55. The molecule has 1 aliphatic carbocycles. The zero-order chi connectivity index (χ0) is 14.8. The van der Waals surface area contributed by atoms with E-state index in [1.807, 2.05) is 6.07 Å². The first-order valence-corrected chi connectivity index (χ1v) is 7.81. The second-order valence-corrected chi connectivity index (χ2v) is 6.81. The molecule has 2 aliphatic heterocycles. The lowest BCUT2D eigenvalue weighted by molar-refractivity contribution is -0.132. The molecule has 21 heavy (non-hydrogen) atoms. The minimum Gasteiger partial charge on any atom is -0.497 e. The summed E-state index contributed by atoms with van der Waals surface area (Å²) < 4.78 is 5.36. The summed E-state index contributed by atoms with van der Waals surface area (Å²) >= 11 is 0. The molecule has 0 radical (unpaired) electrons. The van der Waals surface area contributed by atoms with Crippen LogP contribution >= 0.6 is 0 Å². The molecule has 1 saturated heterocycles. The molecule has 4 rings (SSSR count). The van der Waals surface area contributed by atoms with Gasteiger partial charge in [0.25, 0.3) is 0 Å². The molecule has 3 aliphatic rings. The van der Waals surface area contributed by atoms with Crippen LogP contribution in [0.5, 0.6) is 5.75 Å². The van der Waals surface area contributed by atoms with Crippen LogP contribution in [0.1, 0.15) is 30.9 Å². The molecule has 1 aromatic rings. The lowest BCUT2D eigenvalue weighted by Crippen LogP contribution is -2.50. The molecule has 2 fully saturated rings. The van der Waals surface area contributed by atoms with Crippen molar-refractivity contribution in [2.45, 2.75) is 37.8 Å². The number of rotatable bonds is 1. The van der Waals surface area contributed by atoms with E-state index in [0.29, 0.717) is 12.3 Å². The summed E-state index contributed by atoms with van der Waals surface area (Å²) in [6.45, 7) is 3.03. The number of fused-ring (bicyclic) bond motifs is 1. The number of ether oxygens (including phenoxy) is 1. The van der Waals surface area contributed by atoms with E-state index in [2.05, 4.69) is 24.0 Å². The van der Waals surface area contributed by atoms with E-state index in [4.69, 9.17) is 10.5 Å². The van der Waals surface area contributed by atoms with Gasteiger partial charge in [0.15, 0.2) is 0 Å². The highest BCUT2D eigenvalue weighted by Gasteiger charge is 2.62. The van der Waals surface area contributed by atoms with E-state index in [-0.39, 0.29) is 23.4 Å². The van der Waals surface area contributed by atoms with Crippen LogP contribution in [0, 0.1) is 11.8 Å². The third kappa shape index (κ3) is 1.51. The molecule has 0 aromatic heterocycles. The van der Waals surface area contributed by atoms with Gasteiger partial charge in [-0.2, -0.15) is 0 Å². The molecular formula is C17H22N2O2. The SMILES string of the molecule is COc1ccc2c(c1)CCN1C(=O)C[C@H]3[C@H](N)[C@@H](C)C[C@]231. The van der Waals surface area contributed by atoms with E-state index in [1.54, 1.807) is 7.11 Å². The van der Waals surface area contributed by atoms with Gasteiger partial charge in [0.2, 0.25) is 5.91 Å². The van der Waals surface area contributed by atoms with Gasteiger partial charge in [-0.25, -0.2) is 0 Å². The van der Waals surface area contributed by atoms with Crippen molar-refractivity contribution >= 4 is 5.91 Å². The third-order valence-corrected chi connectivity index (χ3v) is 5.93. The fourth-order valence-corrected chi connectivity index (χ4v) is 4.97. The monoisotopic (exact) mass is 286 g/mol. The standard InChI is InChI=1S/C17H22N2O2/c1-10-9-17-13-4-3-12(21-2)7-11(13)5-6-19(17)15(20)8-14(17)16(10)18/h3-4,7,10,14,16H,5-6,8-9,18H2,1-2H3/t10-,14-,16+,17-/m0/s1. The summed E-state index contributed by atoms with van der Waals surface area (Å²) in [5.41, 5.74) is 8.92. The molecule has 2 N–H and O–H groups in total. The average molecular weight is 286 g/mol. The van der Waals surface area contributed by atoms with Crippen molar-refractivity contribution in [3.63, 3.8) is 0 Å². The maximum atomic E-state index is 12.4. The highest BCUT2D eigenvalue weighted by atomic mass is 16.5. The molecule has 4 heteroatoms. The van der Waals surface area contributed by atoms with Crippen LogP contribution in [0.25, 0.3) is 0 Å². The second kappa shape index (κ2) is 4.23. The molecule has 112 valence electrons. The van der Waals surface area contributed by atoms with Gasteiger partial charge >= 0.3 is 0 Å². The predicted molar refractivity (Wildman–Crippen MR) is 80.0 cm³/mol. The maximum absolute atomic E-state index is 12.4. The van der Waals surface area contributed by atoms with Gasteiger partial charge < -0.3 is 15.4 Å². The zero-order valence-electron chi connectivity index (χ0n) is 12.6. The van der Waals surface area contributed by atoms with Gasteiger partial charge in [0, 0.05) is 24.9 Å². The van der Waals surface area contributed by atoms with Gasteiger partial charge in [0.05, 0.1) is 12.6 Å². The number of carbonyl (C=O) groups is 1. The van der Waals surface area contributed by atoms with E-state index in [9.17, 15) is 4.79 Å². The van der Waals surface area contributed by atoms with Crippen LogP contribution in [0.3, 0.4) is 0 Å². The Morgan fingerprint density at radius 2 is 2.24 bits per heavy atom. The number of hydrogen-bond donors (Lipinski definition) is 1. The van der Waals surface area contributed by atoms with E-state index >= 15 is 0 Å². The maximum Gasteiger partial charge on any atom is 0.223 e. The summed E-state index contributed by atoms with van der Waals surface area (Å²) in [7, 11) is 1.70. The molecule has 4 nitrogen and oxygen atoms in total. The smallest absolute Gasteiger partial charge is 0.223 e. The molecule has 1 amide bonds. The van der Waals surface area contributed by atoms with Crippen molar-refractivity contribution in [2.75, 3.05) is 13.7 Å². The van der Waals surface area contributed by atoms with Crippen molar-refractivity contribution < 1.29 is 9.53 Å². The number of methoxy groups -OCH3 is 1. The fraction of sp³-hybridized carbons (Fsp3) is 0.588. The number of nitrogens with two attached hydrogens (primary N) is 1. The number of amides is 1. The van der Waals surface area contributed by atoms with Crippen molar-refractivity contribution in [1.29, 1.82) is 0 Å². The second-order valence-electron chi connectivity index (χ2n) is 6.81. The Labute approximate surface area is 125 Å². The minimum absolute atomic E-state index is 0.118. The largest absolute Gasteiger partial charge is 0.497 e. The van der Waals surface area contributed by atoms with Crippen LogP contribution in [0.2, 0.25) is 0 Å². The van der Waals surface area contributed by atoms with Gasteiger partial charge in [-0.15, -0.1) is 0 Å². The number of benzene rings is 1. The van der Waals surface area contributed by atoms with Gasteiger partial charge in [0.1, 0.15) is 5.75 Å². The molecule has 1 spiro atoms. The Morgan fingerprint density at radius 1 is 1.43 bits per heavy atom. The van der Waals surface area contributed by atoms with Gasteiger partial charge in [-0.05, 0) is 42.0 Å². The van der Waals surface area contributed by atoms with Crippen LogP contribution in [0.15, 0.2) is 18.2 Å². The highest BCUT2D eigenvalue weighted by molar-refractivity contribution is 5.82.